The van der Waals surface area contributed by atoms with Gasteiger partial charge in [-0.25, -0.2) is 4.79 Å². The summed E-state index contributed by atoms with van der Waals surface area (Å²) in [7, 11) is 3.12. The maximum absolute atomic E-state index is 11.6. The van der Waals surface area contributed by atoms with E-state index in [2.05, 4.69) is 9.98 Å². The number of ether oxygens (including phenoxy) is 2. The fourth-order valence-electron chi connectivity index (χ4n) is 2.71. The van der Waals surface area contributed by atoms with E-state index in [4.69, 9.17) is 9.47 Å². The Balaban J connectivity index is 1.80. The first-order valence-electron chi connectivity index (χ1n) is 8.96. The number of rotatable bonds is 7. The average molecular weight is 422 g/mol. The summed E-state index contributed by atoms with van der Waals surface area (Å²) in [5.74, 6) is 1.23. The van der Waals surface area contributed by atoms with Gasteiger partial charge in [-0.15, -0.1) is 0 Å². The quantitative estimate of drug-likeness (QED) is 0.341. The zero-order valence-corrected chi connectivity index (χ0v) is 16.6. The molecule has 158 valence electrons. The standard InChI is InChI=1S/C21H18N4O6/c1-30-15-8-10-16(18(11-15)31-2)22-12-14-5-3-13(4-6-14)7-9-17-19(25(28)29)20(26)24-21(27)23-17/h3-12H,1-2H3,(H2,23,24,26,27)/b9-7+,22-12?. The van der Waals surface area contributed by atoms with E-state index in [0.717, 1.165) is 5.56 Å². The van der Waals surface area contributed by atoms with Crippen LogP contribution in [0.1, 0.15) is 16.8 Å². The van der Waals surface area contributed by atoms with Crippen LogP contribution in [0.15, 0.2) is 57.0 Å². The van der Waals surface area contributed by atoms with Crippen LogP contribution >= 0.6 is 0 Å². The van der Waals surface area contributed by atoms with E-state index in [-0.39, 0.29) is 5.69 Å². The second-order valence-corrected chi connectivity index (χ2v) is 6.22. The average Bonchev–Trinajstić information content (AvgIpc) is 2.76. The smallest absolute Gasteiger partial charge is 0.357 e. The Hall–Kier alpha value is -4.47. The van der Waals surface area contributed by atoms with Crippen LogP contribution in [0.5, 0.6) is 11.5 Å². The van der Waals surface area contributed by atoms with Crippen LogP contribution in [0.2, 0.25) is 0 Å². The third kappa shape index (κ3) is 5.12. The number of hydrogen-bond acceptors (Lipinski definition) is 7. The van der Waals surface area contributed by atoms with Gasteiger partial charge in [0.2, 0.25) is 0 Å². The van der Waals surface area contributed by atoms with E-state index in [1.807, 2.05) is 4.98 Å². The van der Waals surface area contributed by atoms with Gasteiger partial charge in [-0.3, -0.25) is 24.9 Å². The lowest BCUT2D eigenvalue weighted by atomic mass is 10.1. The molecular weight excluding hydrogens is 404 g/mol. The predicted molar refractivity (Wildman–Crippen MR) is 117 cm³/mol. The molecule has 2 N–H and O–H groups in total. The molecule has 0 aliphatic heterocycles. The molecule has 10 nitrogen and oxygen atoms in total. The van der Waals surface area contributed by atoms with Crippen LogP contribution in [-0.2, 0) is 0 Å². The van der Waals surface area contributed by atoms with Gasteiger partial charge < -0.3 is 14.5 Å². The van der Waals surface area contributed by atoms with E-state index in [1.165, 1.54) is 6.08 Å². The summed E-state index contributed by atoms with van der Waals surface area (Å²) >= 11 is 0. The number of H-pyrrole nitrogens is 2. The van der Waals surface area contributed by atoms with E-state index < -0.39 is 21.9 Å². The summed E-state index contributed by atoms with van der Waals surface area (Å²) in [6.45, 7) is 0. The first-order chi connectivity index (χ1) is 14.9. The van der Waals surface area contributed by atoms with Crippen LogP contribution < -0.4 is 20.7 Å². The van der Waals surface area contributed by atoms with Crippen LogP contribution in [0.4, 0.5) is 11.4 Å². The van der Waals surface area contributed by atoms with E-state index in [0.29, 0.717) is 22.7 Å². The fourth-order valence-corrected chi connectivity index (χ4v) is 2.71. The van der Waals surface area contributed by atoms with Crippen molar-refractivity contribution in [3.63, 3.8) is 0 Å². The highest BCUT2D eigenvalue weighted by Crippen LogP contribution is 2.31. The Labute approximate surface area is 175 Å². The molecule has 0 fully saturated rings. The largest absolute Gasteiger partial charge is 0.497 e. The second-order valence-electron chi connectivity index (χ2n) is 6.22. The van der Waals surface area contributed by atoms with Gasteiger partial charge in [-0.1, -0.05) is 30.3 Å². The summed E-state index contributed by atoms with van der Waals surface area (Å²) in [6, 6.07) is 12.4. The number of nitrogens with zero attached hydrogens (tertiary/aromatic N) is 2. The molecular formula is C21H18N4O6. The molecule has 0 amide bonds. The maximum atomic E-state index is 11.6. The van der Waals surface area contributed by atoms with Crippen molar-refractivity contribution >= 4 is 29.7 Å². The summed E-state index contributed by atoms with van der Waals surface area (Å²) in [6.07, 6.45) is 4.52. The molecule has 0 unspecified atom stereocenters. The number of aromatic nitrogens is 2. The minimum atomic E-state index is -1.06. The SMILES string of the molecule is COc1ccc(N=Cc2ccc(/C=C/c3[nH]c(=O)[nH]c(=O)c3[N+](=O)[O-])cc2)c(OC)c1. The normalized spacial score (nSPS) is 11.2. The molecule has 0 aliphatic carbocycles. The molecule has 0 bridgehead atoms. The zero-order valence-electron chi connectivity index (χ0n) is 16.6. The molecule has 3 rings (SSSR count). The highest BCUT2D eigenvalue weighted by Gasteiger charge is 2.18. The Bertz CT molecular complexity index is 1270. The second kappa shape index (κ2) is 9.35. The van der Waals surface area contributed by atoms with Crippen LogP contribution in [0.25, 0.3) is 12.2 Å². The van der Waals surface area contributed by atoms with E-state index in [1.54, 1.807) is 69.0 Å². The van der Waals surface area contributed by atoms with Crippen molar-refractivity contribution in [2.24, 2.45) is 4.99 Å². The maximum Gasteiger partial charge on any atom is 0.357 e. The Kier molecular flexibility index (Phi) is 6.41. The van der Waals surface area contributed by atoms with Crippen LogP contribution in [-0.4, -0.2) is 35.3 Å². The van der Waals surface area contributed by atoms with E-state index >= 15 is 0 Å². The molecule has 0 atom stereocenters. The highest BCUT2D eigenvalue weighted by molar-refractivity contribution is 5.83. The Morgan fingerprint density at radius 1 is 0.968 bits per heavy atom. The zero-order chi connectivity index (χ0) is 22.4. The molecule has 0 saturated carbocycles. The summed E-state index contributed by atoms with van der Waals surface area (Å²) in [5.41, 5.74) is -0.647. The Morgan fingerprint density at radius 2 is 1.68 bits per heavy atom. The van der Waals surface area contributed by atoms with Gasteiger partial charge in [-0.05, 0) is 29.3 Å². The van der Waals surface area contributed by atoms with Crippen LogP contribution in [0.3, 0.4) is 0 Å². The molecule has 0 saturated heterocycles. The lowest BCUT2D eigenvalue weighted by Gasteiger charge is -2.06. The summed E-state index contributed by atoms with van der Waals surface area (Å²) in [5, 5.41) is 11.1. The Morgan fingerprint density at radius 3 is 2.32 bits per heavy atom. The van der Waals surface area contributed by atoms with Crippen molar-refractivity contribution in [2.45, 2.75) is 0 Å². The molecule has 31 heavy (non-hydrogen) atoms. The molecule has 3 aromatic rings. The lowest BCUT2D eigenvalue weighted by molar-refractivity contribution is -0.386. The van der Waals surface area contributed by atoms with Gasteiger partial charge in [-0.2, -0.15) is 0 Å². The highest BCUT2D eigenvalue weighted by atomic mass is 16.6. The van der Waals surface area contributed by atoms with Crippen molar-refractivity contribution in [3.8, 4) is 11.5 Å². The van der Waals surface area contributed by atoms with Crippen molar-refractivity contribution < 1.29 is 14.4 Å². The van der Waals surface area contributed by atoms with Gasteiger partial charge in [0.15, 0.2) is 0 Å². The number of methoxy groups -OCH3 is 2. The van der Waals surface area contributed by atoms with Gasteiger partial charge in [0.05, 0.1) is 19.1 Å². The third-order valence-corrected chi connectivity index (χ3v) is 4.25. The molecule has 0 radical (unpaired) electrons. The van der Waals surface area contributed by atoms with Gasteiger partial charge >= 0.3 is 16.9 Å². The minimum absolute atomic E-state index is 0.184. The molecule has 10 heteroatoms. The van der Waals surface area contributed by atoms with E-state index in [9.17, 15) is 19.7 Å². The van der Waals surface area contributed by atoms with Gasteiger partial charge in [0.1, 0.15) is 22.9 Å². The molecule has 0 spiro atoms. The first kappa shape index (κ1) is 21.2. The predicted octanol–water partition coefficient (Wildman–Crippen LogP) is 2.91. The summed E-state index contributed by atoms with van der Waals surface area (Å²) < 4.78 is 10.5. The monoisotopic (exact) mass is 422 g/mol. The number of benzene rings is 2. The van der Waals surface area contributed by atoms with Crippen molar-refractivity contribution in [1.82, 2.24) is 9.97 Å². The topological polar surface area (TPSA) is 140 Å². The van der Waals surface area contributed by atoms with Gasteiger partial charge in [0.25, 0.3) is 0 Å². The van der Waals surface area contributed by atoms with Crippen LogP contribution in [0, 0.1) is 10.1 Å². The summed E-state index contributed by atoms with van der Waals surface area (Å²) in [4.78, 5) is 41.8. The molecule has 0 aliphatic rings. The lowest BCUT2D eigenvalue weighted by Crippen LogP contribution is -2.25. The first-order valence-corrected chi connectivity index (χ1v) is 8.96. The van der Waals surface area contributed by atoms with Crippen molar-refractivity contribution in [1.29, 1.82) is 0 Å². The van der Waals surface area contributed by atoms with Gasteiger partial charge in [0, 0.05) is 12.3 Å². The fraction of sp³-hybridized carbons (Fsp3) is 0.0952. The third-order valence-electron chi connectivity index (χ3n) is 4.25. The number of aromatic amines is 2. The van der Waals surface area contributed by atoms with Crippen molar-refractivity contribution in [3.05, 3.63) is 90.2 Å². The minimum Gasteiger partial charge on any atom is -0.497 e. The van der Waals surface area contributed by atoms with Crippen molar-refractivity contribution in [2.75, 3.05) is 14.2 Å². The molecule has 1 aromatic heterocycles. The number of aliphatic imine (C=N–C) groups is 1. The number of nitro groups is 1. The number of nitrogens with one attached hydrogen (secondary N) is 2. The molecule has 2 aromatic carbocycles. The molecule has 1 heterocycles. The number of hydrogen-bond donors (Lipinski definition) is 2.